The number of urea groups is 1. The van der Waals surface area contributed by atoms with Crippen LogP contribution < -0.4 is 10.2 Å². The molecule has 0 saturated carbocycles. The molecule has 1 aliphatic heterocycles. The minimum atomic E-state index is -4.37. The number of piperazine rings is 1. The number of nitrogens with one attached hydrogen (secondary N) is 1. The quantitative estimate of drug-likeness (QED) is 0.806. The maximum absolute atomic E-state index is 12.6. The van der Waals surface area contributed by atoms with E-state index >= 15 is 0 Å². The highest BCUT2D eigenvalue weighted by Crippen LogP contribution is 2.29. The predicted molar refractivity (Wildman–Crippen MR) is 109 cm³/mol. The van der Waals surface area contributed by atoms with Gasteiger partial charge in [0.1, 0.15) is 5.82 Å². The van der Waals surface area contributed by atoms with Crippen LogP contribution in [0.15, 0.2) is 42.6 Å². The summed E-state index contributed by atoms with van der Waals surface area (Å²) in [6, 6.07) is 8.40. The first-order chi connectivity index (χ1) is 14.2. The van der Waals surface area contributed by atoms with Crippen molar-refractivity contribution in [3.63, 3.8) is 0 Å². The van der Waals surface area contributed by atoms with E-state index in [-0.39, 0.29) is 12.6 Å². The van der Waals surface area contributed by atoms with Gasteiger partial charge in [-0.05, 0) is 36.4 Å². The molecule has 1 saturated heterocycles. The highest BCUT2D eigenvalue weighted by molar-refractivity contribution is 5.73. The summed E-state index contributed by atoms with van der Waals surface area (Å²) in [6.45, 7) is 4.43. The summed E-state index contributed by atoms with van der Waals surface area (Å²) in [4.78, 5) is 22.7. The van der Waals surface area contributed by atoms with Gasteiger partial charge in [-0.25, -0.2) is 9.78 Å². The number of hydrogen-bond donors (Lipinski definition) is 1. The molecule has 0 radical (unpaired) electrons. The largest absolute Gasteiger partial charge is 0.416 e. The fourth-order valence-corrected chi connectivity index (χ4v) is 3.20. The number of nitrogens with zero attached hydrogens (tertiary/aromatic N) is 4. The Bertz CT molecular complexity index is 831. The third kappa shape index (κ3) is 5.85. The van der Waals surface area contributed by atoms with Crippen LogP contribution >= 0.6 is 0 Å². The molecule has 6 nitrogen and oxygen atoms in total. The lowest BCUT2D eigenvalue weighted by atomic mass is 10.1. The minimum absolute atomic E-state index is 0.213. The lowest BCUT2D eigenvalue weighted by Gasteiger charge is -2.33. The molecule has 0 atom stereocenters. The van der Waals surface area contributed by atoms with E-state index in [1.807, 2.05) is 12.1 Å². The zero-order valence-corrected chi connectivity index (χ0v) is 17.1. The minimum Gasteiger partial charge on any atom is -0.354 e. The summed E-state index contributed by atoms with van der Waals surface area (Å²) in [5.41, 5.74) is 0.800. The predicted octanol–water partition coefficient (Wildman–Crippen LogP) is 3.19. The molecule has 1 fully saturated rings. The van der Waals surface area contributed by atoms with Gasteiger partial charge in [-0.15, -0.1) is 0 Å². The number of rotatable bonds is 5. The molecule has 9 heteroatoms. The van der Waals surface area contributed by atoms with E-state index in [0.717, 1.165) is 49.7 Å². The average molecular weight is 421 g/mol. The van der Waals surface area contributed by atoms with Gasteiger partial charge < -0.3 is 20.0 Å². The molecule has 2 aromatic rings. The van der Waals surface area contributed by atoms with Crippen molar-refractivity contribution in [1.29, 1.82) is 0 Å². The van der Waals surface area contributed by atoms with Crippen LogP contribution in [0.5, 0.6) is 0 Å². The first-order valence-electron chi connectivity index (χ1n) is 9.76. The summed E-state index contributed by atoms with van der Waals surface area (Å²) >= 11 is 0. The van der Waals surface area contributed by atoms with Gasteiger partial charge in [-0.2, -0.15) is 13.2 Å². The number of alkyl halides is 3. The van der Waals surface area contributed by atoms with Gasteiger partial charge in [0, 0.05) is 52.5 Å². The summed E-state index contributed by atoms with van der Waals surface area (Å²) in [7, 11) is 3.70. The molecule has 30 heavy (non-hydrogen) atoms. The highest BCUT2D eigenvalue weighted by Gasteiger charge is 2.30. The van der Waals surface area contributed by atoms with E-state index in [0.29, 0.717) is 12.1 Å². The number of pyridine rings is 1. The lowest BCUT2D eigenvalue weighted by Crippen LogP contribution is -2.44. The molecule has 2 amide bonds. The molecule has 0 spiro atoms. The van der Waals surface area contributed by atoms with Crippen molar-refractivity contribution in [2.45, 2.75) is 19.3 Å². The Morgan fingerprint density at radius 1 is 1.07 bits per heavy atom. The van der Waals surface area contributed by atoms with Crippen molar-refractivity contribution in [2.75, 3.05) is 45.2 Å². The fraction of sp³-hybridized carbons (Fsp3) is 0.429. The number of benzene rings is 1. The van der Waals surface area contributed by atoms with E-state index < -0.39 is 11.7 Å². The maximum atomic E-state index is 12.6. The van der Waals surface area contributed by atoms with Crippen LogP contribution in [0.2, 0.25) is 0 Å². The Hall–Kier alpha value is -2.81. The number of halogens is 3. The molecule has 0 aliphatic carbocycles. The average Bonchev–Trinajstić information content (AvgIpc) is 2.72. The standard InChI is InChI=1S/C21H26F3N5O/c1-27-9-11-29(12-10-27)19-8-5-17(13-25-19)14-26-20(30)28(2)15-16-3-6-18(7-4-16)21(22,23)24/h3-8,13H,9-12,14-15H2,1-2H3,(H,26,30). The second-order valence-electron chi connectivity index (χ2n) is 7.52. The third-order valence-electron chi connectivity index (χ3n) is 5.13. The van der Waals surface area contributed by atoms with Gasteiger partial charge in [-0.3, -0.25) is 0 Å². The third-order valence-corrected chi connectivity index (χ3v) is 5.13. The number of likely N-dealkylation sites (N-methyl/N-ethyl adjacent to an activating group) is 1. The summed E-state index contributed by atoms with van der Waals surface area (Å²) in [5, 5.41) is 2.81. The van der Waals surface area contributed by atoms with Gasteiger partial charge in [0.2, 0.25) is 0 Å². The van der Waals surface area contributed by atoms with Gasteiger partial charge in [-0.1, -0.05) is 18.2 Å². The van der Waals surface area contributed by atoms with E-state index in [4.69, 9.17) is 0 Å². The topological polar surface area (TPSA) is 51.7 Å². The van der Waals surface area contributed by atoms with Crippen LogP contribution in [0, 0.1) is 0 Å². The normalized spacial score (nSPS) is 15.2. The van der Waals surface area contributed by atoms with Gasteiger partial charge in [0.15, 0.2) is 0 Å². The number of anilines is 1. The molecule has 0 unspecified atom stereocenters. The first-order valence-corrected chi connectivity index (χ1v) is 9.76. The lowest BCUT2D eigenvalue weighted by molar-refractivity contribution is -0.137. The van der Waals surface area contributed by atoms with Crippen molar-refractivity contribution in [3.05, 3.63) is 59.3 Å². The Morgan fingerprint density at radius 3 is 2.27 bits per heavy atom. The molecular formula is C21H26F3N5O. The van der Waals surface area contributed by atoms with E-state index in [2.05, 4.69) is 27.1 Å². The Labute approximate surface area is 174 Å². The van der Waals surface area contributed by atoms with Crippen LogP contribution in [0.1, 0.15) is 16.7 Å². The summed E-state index contributed by atoms with van der Waals surface area (Å²) < 4.78 is 37.9. The van der Waals surface area contributed by atoms with Crippen molar-refractivity contribution in [1.82, 2.24) is 20.1 Å². The van der Waals surface area contributed by atoms with E-state index in [1.165, 1.54) is 17.0 Å². The zero-order chi connectivity index (χ0) is 21.7. The molecule has 1 aliphatic rings. The van der Waals surface area contributed by atoms with Crippen LogP contribution in [-0.4, -0.2) is 61.1 Å². The summed E-state index contributed by atoms with van der Waals surface area (Å²) in [6.07, 6.45) is -2.61. The van der Waals surface area contributed by atoms with Gasteiger partial charge >= 0.3 is 12.2 Å². The second-order valence-corrected chi connectivity index (χ2v) is 7.52. The molecule has 2 heterocycles. The van der Waals surface area contributed by atoms with Crippen LogP contribution in [-0.2, 0) is 19.3 Å². The number of hydrogen-bond acceptors (Lipinski definition) is 4. The number of aromatic nitrogens is 1. The fourth-order valence-electron chi connectivity index (χ4n) is 3.20. The van der Waals surface area contributed by atoms with Crippen molar-refractivity contribution < 1.29 is 18.0 Å². The van der Waals surface area contributed by atoms with Crippen molar-refractivity contribution in [3.8, 4) is 0 Å². The molecule has 1 aromatic carbocycles. The smallest absolute Gasteiger partial charge is 0.354 e. The molecule has 3 rings (SSSR count). The molecule has 1 aromatic heterocycles. The van der Waals surface area contributed by atoms with Gasteiger partial charge in [0.25, 0.3) is 0 Å². The van der Waals surface area contributed by atoms with E-state index in [1.54, 1.807) is 13.2 Å². The SMILES string of the molecule is CN1CCN(c2ccc(CNC(=O)N(C)Cc3ccc(C(F)(F)F)cc3)cn2)CC1. The molecule has 1 N–H and O–H groups in total. The number of amides is 2. The Morgan fingerprint density at radius 2 is 1.70 bits per heavy atom. The van der Waals surface area contributed by atoms with Crippen LogP contribution in [0.3, 0.4) is 0 Å². The summed E-state index contributed by atoms with van der Waals surface area (Å²) in [5.74, 6) is 0.928. The first kappa shape index (κ1) is 21.9. The molecule has 0 bridgehead atoms. The van der Waals surface area contributed by atoms with Crippen LogP contribution in [0.25, 0.3) is 0 Å². The van der Waals surface area contributed by atoms with Crippen molar-refractivity contribution >= 4 is 11.8 Å². The number of carbonyl (C=O) groups is 1. The Balaban J connectivity index is 1.47. The zero-order valence-electron chi connectivity index (χ0n) is 17.1. The monoisotopic (exact) mass is 421 g/mol. The van der Waals surface area contributed by atoms with Gasteiger partial charge in [0.05, 0.1) is 5.56 Å². The Kier molecular flexibility index (Phi) is 6.81. The highest BCUT2D eigenvalue weighted by atomic mass is 19.4. The molecule has 162 valence electrons. The van der Waals surface area contributed by atoms with Crippen molar-refractivity contribution in [2.24, 2.45) is 0 Å². The second kappa shape index (κ2) is 9.34. The number of carbonyl (C=O) groups excluding carboxylic acids is 1. The van der Waals surface area contributed by atoms with E-state index in [9.17, 15) is 18.0 Å². The maximum Gasteiger partial charge on any atom is 0.416 e. The molecular weight excluding hydrogens is 395 g/mol. The van der Waals surface area contributed by atoms with Crippen LogP contribution in [0.4, 0.5) is 23.8 Å².